The highest BCUT2D eigenvalue weighted by atomic mass is 35.5. The van der Waals surface area contributed by atoms with Crippen LogP contribution in [-0.4, -0.2) is 34.8 Å². The van der Waals surface area contributed by atoms with Crippen LogP contribution in [0.15, 0.2) is 48.5 Å². The average Bonchev–Trinajstić information content (AvgIpc) is 3.04. The van der Waals surface area contributed by atoms with E-state index >= 15 is 0 Å². The maximum atomic E-state index is 13.2. The first-order valence-electron chi connectivity index (χ1n) is 9.51. The van der Waals surface area contributed by atoms with Crippen LogP contribution in [0.5, 0.6) is 0 Å². The number of hydrogen-bond acceptors (Lipinski definition) is 2. The Kier molecular flexibility index (Phi) is 3.90. The van der Waals surface area contributed by atoms with Crippen LogP contribution in [0.2, 0.25) is 0 Å². The summed E-state index contributed by atoms with van der Waals surface area (Å²) in [4.78, 5) is 17.5. The molecule has 3 aromatic rings. The fraction of sp³-hybridized carbons (Fsp3) is 0.318. The molecule has 0 fully saturated rings. The molecule has 27 heavy (non-hydrogen) atoms. The van der Waals surface area contributed by atoms with Crippen molar-refractivity contribution in [2.45, 2.75) is 25.6 Å². The molecule has 1 aromatic heterocycles. The van der Waals surface area contributed by atoms with E-state index in [0.29, 0.717) is 5.88 Å². The van der Waals surface area contributed by atoms with Gasteiger partial charge in [0.2, 0.25) is 0 Å². The summed E-state index contributed by atoms with van der Waals surface area (Å²) >= 11 is 6.02. The lowest BCUT2D eigenvalue weighted by Crippen LogP contribution is -2.51. The minimum Gasteiger partial charge on any atom is -0.349 e. The monoisotopic (exact) mass is 379 g/mol. The molecule has 0 unspecified atom stereocenters. The first kappa shape index (κ1) is 16.7. The lowest BCUT2D eigenvalue weighted by Gasteiger charge is -2.46. The molecule has 4 nitrogen and oxygen atoms in total. The number of aryl methyl sites for hydroxylation is 1. The minimum atomic E-state index is -0.0705. The Morgan fingerprint density at radius 2 is 1.89 bits per heavy atom. The molecule has 0 saturated carbocycles. The normalized spacial score (nSPS) is 18.4. The third-order valence-electron chi connectivity index (χ3n) is 5.92. The van der Waals surface area contributed by atoms with Gasteiger partial charge in [0.05, 0.1) is 16.9 Å². The van der Waals surface area contributed by atoms with Crippen molar-refractivity contribution >= 4 is 34.1 Å². The lowest BCUT2D eigenvalue weighted by atomic mass is 9.96. The molecule has 0 aliphatic carbocycles. The van der Waals surface area contributed by atoms with E-state index in [4.69, 9.17) is 11.6 Å². The van der Waals surface area contributed by atoms with Gasteiger partial charge in [-0.3, -0.25) is 4.79 Å². The van der Waals surface area contributed by atoms with Crippen molar-refractivity contribution in [3.8, 4) is 0 Å². The number of rotatable bonds is 3. The first-order valence-corrected chi connectivity index (χ1v) is 10.0. The van der Waals surface area contributed by atoms with Gasteiger partial charge in [-0.25, -0.2) is 0 Å². The third kappa shape index (κ3) is 2.32. The van der Waals surface area contributed by atoms with Crippen LogP contribution in [0.25, 0.3) is 10.9 Å². The lowest BCUT2D eigenvalue weighted by molar-refractivity contribution is 0.0629. The van der Waals surface area contributed by atoms with E-state index in [2.05, 4.69) is 40.8 Å². The third-order valence-corrected chi connectivity index (χ3v) is 6.19. The summed E-state index contributed by atoms with van der Waals surface area (Å²) in [6.07, 6.45) is 1.73. The second-order valence-electron chi connectivity index (χ2n) is 7.33. The number of anilines is 1. The van der Waals surface area contributed by atoms with Crippen molar-refractivity contribution in [2.24, 2.45) is 0 Å². The summed E-state index contributed by atoms with van der Waals surface area (Å²) in [7, 11) is 2.10. The summed E-state index contributed by atoms with van der Waals surface area (Å²) in [5.74, 6) is 0.765. The van der Waals surface area contributed by atoms with Crippen molar-refractivity contribution in [3.05, 3.63) is 65.4 Å². The zero-order chi connectivity index (χ0) is 18.5. The van der Waals surface area contributed by atoms with Gasteiger partial charge < -0.3 is 14.4 Å². The SMILES string of the molecule is CN1c2ccccc2C(=O)N2CCc3c(n(CCCCl)c4ccccc34)[C@H]21. The molecule has 2 aliphatic heterocycles. The van der Waals surface area contributed by atoms with E-state index in [0.717, 1.165) is 37.2 Å². The molecule has 2 aliphatic rings. The van der Waals surface area contributed by atoms with Crippen LogP contribution in [0.1, 0.15) is 34.2 Å². The van der Waals surface area contributed by atoms with E-state index in [-0.39, 0.29) is 12.1 Å². The zero-order valence-electron chi connectivity index (χ0n) is 15.4. The number of alkyl halides is 1. The van der Waals surface area contributed by atoms with Gasteiger partial charge in [-0.05, 0) is 36.6 Å². The highest BCUT2D eigenvalue weighted by molar-refractivity contribution is 6.17. The molecule has 0 radical (unpaired) electrons. The van der Waals surface area contributed by atoms with Crippen LogP contribution < -0.4 is 4.90 Å². The van der Waals surface area contributed by atoms with E-state index in [9.17, 15) is 4.79 Å². The van der Waals surface area contributed by atoms with Gasteiger partial charge >= 0.3 is 0 Å². The number of halogens is 1. The molecule has 138 valence electrons. The minimum absolute atomic E-state index is 0.0705. The summed E-state index contributed by atoms with van der Waals surface area (Å²) in [6, 6.07) is 16.5. The second kappa shape index (κ2) is 6.31. The van der Waals surface area contributed by atoms with Crippen molar-refractivity contribution < 1.29 is 4.79 Å². The quantitative estimate of drug-likeness (QED) is 0.630. The summed E-state index contributed by atoms with van der Waals surface area (Å²) in [5.41, 5.74) is 5.67. The molecule has 3 heterocycles. The fourth-order valence-electron chi connectivity index (χ4n) is 4.77. The van der Waals surface area contributed by atoms with Gasteiger partial charge in [-0.15, -0.1) is 11.6 Å². The fourth-order valence-corrected chi connectivity index (χ4v) is 4.89. The molecule has 0 spiro atoms. The van der Waals surface area contributed by atoms with Crippen LogP contribution in [0.3, 0.4) is 0 Å². The Morgan fingerprint density at radius 3 is 2.74 bits per heavy atom. The van der Waals surface area contributed by atoms with Gasteiger partial charge in [0, 0.05) is 36.9 Å². The highest BCUT2D eigenvalue weighted by Gasteiger charge is 2.42. The predicted octanol–water partition coefficient (Wildman–Crippen LogP) is 4.42. The van der Waals surface area contributed by atoms with Crippen LogP contribution in [0.4, 0.5) is 5.69 Å². The summed E-state index contributed by atoms with van der Waals surface area (Å²) in [6.45, 7) is 1.62. The van der Waals surface area contributed by atoms with Gasteiger partial charge in [0.25, 0.3) is 5.91 Å². The van der Waals surface area contributed by atoms with Crippen LogP contribution in [0, 0.1) is 0 Å². The number of aromatic nitrogens is 1. The maximum Gasteiger partial charge on any atom is 0.257 e. The molecule has 0 N–H and O–H groups in total. The van der Waals surface area contributed by atoms with Crippen molar-refractivity contribution in [1.82, 2.24) is 9.47 Å². The Hall–Kier alpha value is -2.46. The topological polar surface area (TPSA) is 28.5 Å². The Morgan fingerprint density at radius 1 is 1.11 bits per heavy atom. The molecule has 1 amide bonds. The number of nitrogens with zero attached hydrogens (tertiary/aromatic N) is 3. The highest BCUT2D eigenvalue weighted by Crippen LogP contribution is 2.44. The number of hydrogen-bond donors (Lipinski definition) is 0. The van der Waals surface area contributed by atoms with Crippen molar-refractivity contribution in [1.29, 1.82) is 0 Å². The molecule has 1 atom stereocenters. The molecule has 2 aromatic carbocycles. The second-order valence-corrected chi connectivity index (χ2v) is 7.70. The molecular formula is C22H22ClN3O. The number of amides is 1. The smallest absolute Gasteiger partial charge is 0.257 e. The summed E-state index contributed by atoms with van der Waals surface area (Å²) in [5, 5.41) is 1.31. The Balaban J connectivity index is 1.75. The maximum absolute atomic E-state index is 13.2. The van der Waals surface area contributed by atoms with Gasteiger partial charge in [0.15, 0.2) is 0 Å². The van der Waals surface area contributed by atoms with Gasteiger partial charge in [-0.2, -0.15) is 0 Å². The molecule has 0 bridgehead atoms. The molecule has 0 saturated heterocycles. The molecular weight excluding hydrogens is 358 g/mol. The zero-order valence-corrected chi connectivity index (χ0v) is 16.1. The largest absolute Gasteiger partial charge is 0.349 e. The van der Waals surface area contributed by atoms with E-state index in [1.54, 1.807) is 0 Å². The molecule has 5 rings (SSSR count). The van der Waals surface area contributed by atoms with Crippen molar-refractivity contribution in [2.75, 3.05) is 24.4 Å². The number of fused-ring (bicyclic) bond motifs is 6. The van der Waals surface area contributed by atoms with Gasteiger partial charge in [0.1, 0.15) is 6.17 Å². The van der Waals surface area contributed by atoms with E-state index < -0.39 is 0 Å². The van der Waals surface area contributed by atoms with E-state index in [1.807, 2.05) is 29.2 Å². The average molecular weight is 380 g/mol. The van der Waals surface area contributed by atoms with Crippen molar-refractivity contribution in [3.63, 3.8) is 0 Å². The van der Waals surface area contributed by atoms with Crippen LogP contribution >= 0.6 is 11.6 Å². The van der Waals surface area contributed by atoms with Crippen LogP contribution in [-0.2, 0) is 13.0 Å². The Labute approximate surface area is 163 Å². The van der Waals surface area contributed by atoms with E-state index in [1.165, 1.54) is 22.2 Å². The molecule has 5 heteroatoms. The predicted molar refractivity (Wildman–Crippen MR) is 110 cm³/mol. The first-order chi connectivity index (χ1) is 13.2. The number of carbonyl (C=O) groups is 1. The Bertz CT molecular complexity index is 1040. The number of carbonyl (C=O) groups excluding carboxylic acids is 1. The standard InChI is InChI=1S/C22H22ClN3O/c1-24-18-9-4-3-8-17(18)22(27)26-14-11-16-15-7-2-5-10-19(15)25(13-6-12-23)20(16)21(24)26/h2-5,7-10,21H,6,11-14H2,1H3/t21-/m0/s1. The summed E-state index contributed by atoms with van der Waals surface area (Å²) < 4.78 is 2.39. The number of benzene rings is 2. The van der Waals surface area contributed by atoms with Gasteiger partial charge in [-0.1, -0.05) is 30.3 Å². The number of para-hydroxylation sites is 2.